The number of aliphatic hydroxyl groups excluding tert-OH is 3. The Bertz CT molecular complexity index is 551. The number of carboxylic acids is 1. The summed E-state index contributed by atoms with van der Waals surface area (Å²) < 4.78 is 5.72. The van der Waals surface area contributed by atoms with Crippen molar-refractivity contribution in [3.8, 4) is 0 Å². The Hall–Kier alpha value is -1.73. The molecule has 0 bridgehead atoms. The predicted molar refractivity (Wildman–Crippen MR) is 109 cm³/mol. The quantitative estimate of drug-likeness (QED) is 0.358. The van der Waals surface area contributed by atoms with E-state index < -0.39 is 36.5 Å². The summed E-state index contributed by atoms with van der Waals surface area (Å²) >= 11 is 0. The van der Waals surface area contributed by atoms with Gasteiger partial charge in [0.25, 0.3) is 0 Å². The van der Waals surface area contributed by atoms with Crippen molar-refractivity contribution >= 4 is 5.97 Å². The molecule has 28 heavy (non-hydrogen) atoms. The van der Waals surface area contributed by atoms with E-state index in [1.54, 1.807) is 12.2 Å². The number of allylic oxidation sites excluding steroid dienone is 4. The molecule has 1 aliphatic heterocycles. The van der Waals surface area contributed by atoms with E-state index in [1.807, 2.05) is 43.4 Å². The first-order valence-corrected chi connectivity index (χ1v) is 9.98. The Morgan fingerprint density at radius 2 is 1.82 bits per heavy atom. The lowest BCUT2D eigenvalue weighted by Gasteiger charge is -2.16. The number of hydrogen-bond acceptors (Lipinski definition) is 5. The van der Waals surface area contributed by atoms with Crippen molar-refractivity contribution in [1.82, 2.24) is 0 Å². The van der Waals surface area contributed by atoms with Crippen molar-refractivity contribution in [2.24, 2.45) is 0 Å². The highest BCUT2D eigenvalue weighted by Crippen LogP contribution is 2.25. The normalized spacial score (nSPS) is 25.5. The van der Waals surface area contributed by atoms with Gasteiger partial charge in [0.15, 0.2) is 0 Å². The topological polar surface area (TPSA) is 107 Å². The van der Waals surface area contributed by atoms with Crippen molar-refractivity contribution in [2.75, 3.05) is 0 Å². The van der Waals surface area contributed by atoms with Crippen LogP contribution in [0.15, 0.2) is 48.6 Å². The van der Waals surface area contributed by atoms with Gasteiger partial charge in [0, 0.05) is 12.8 Å². The Labute approximate surface area is 167 Å². The van der Waals surface area contributed by atoms with Gasteiger partial charge < -0.3 is 25.2 Å². The van der Waals surface area contributed by atoms with E-state index in [0.29, 0.717) is 32.1 Å². The number of hydrogen-bond donors (Lipinski definition) is 4. The number of aliphatic hydroxyl groups is 3. The molecule has 0 spiro atoms. The van der Waals surface area contributed by atoms with E-state index in [-0.39, 0.29) is 6.42 Å². The van der Waals surface area contributed by atoms with E-state index in [2.05, 4.69) is 0 Å². The standard InChI is InChI=1S/C22H34O6/c1-2-3-8-11-17(23)14-15-20-19(25)16-21(28-20)18(24)12-9-6-4-5-7-10-13-22(26)27/h3,5-9,14-15,17-21,23-25H,2,4,10-13,16H2,1H3,(H,26,27)/b7-5-,8-3-,9-6-,15-14+/t17-,18-,19+,20-,21+/m1/s1. The maximum absolute atomic E-state index is 10.4. The van der Waals surface area contributed by atoms with Gasteiger partial charge in [-0.1, -0.05) is 55.5 Å². The molecule has 0 aromatic heterocycles. The van der Waals surface area contributed by atoms with Crippen molar-refractivity contribution in [2.45, 2.75) is 82.4 Å². The minimum absolute atomic E-state index is 0.127. The number of carbonyl (C=O) groups is 1. The van der Waals surface area contributed by atoms with Crippen LogP contribution in [-0.4, -0.2) is 56.9 Å². The molecule has 6 nitrogen and oxygen atoms in total. The Kier molecular flexibility index (Phi) is 12.4. The smallest absolute Gasteiger partial charge is 0.303 e. The van der Waals surface area contributed by atoms with Crippen LogP contribution >= 0.6 is 0 Å². The summed E-state index contributed by atoms with van der Waals surface area (Å²) in [5, 5.41) is 38.8. The summed E-state index contributed by atoms with van der Waals surface area (Å²) in [7, 11) is 0. The minimum Gasteiger partial charge on any atom is -0.481 e. The lowest BCUT2D eigenvalue weighted by atomic mass is 10.0. The summed E-state index contributed by atoms with van der Waals surface area (Å²) in [4.78, 5) is 10.4. The summed E-state index contributed by atoms with van der Waals surface area (Å²) in [6.45, 7) is 2.03. The van der Waals surface area contributed by atoms with Crippen LogP contribution in [0.25, 0.3) is 0 Å². The number of rotatable bonds is 13. The van der Waals surface area contributed by atoms with Crippen molar-refractivity contribution < 1.29 is 30.0 Å². The van der Waals surface area contributed by atoms with Crippen LogP contribution in [0.3, 0.4) is 0 Å². The molecule has 0 unspecified atom stereocenters. The molecule has 0 saturated carbocycles. The molecule has 1 rings (SSSR count). The first-order chi connectivity index (χ1) is 13.4. The molecule has 1 fully saturated rings. The molecule has 0 aliphatic carbocycles. The monoisotopic (exact) mass is 394 g/mol. The highest BCUT2D eigenvalue weighted by molar-refractivity contribution is 5.66. The summed E-state index contributed by atoms with van der Waals surface area (Å²) in [6.07, 6.45) is 15.2. The van der Waals surface area contributed by atoms with Gasteiger partial charge in [-0.3, -0.25) is 4.79 Å². The van der Waals surface area contributed by atoms with E-state index in [4.69, 9.17) is 9.84 Å². The zero-order valence-corrected chi connectivity index (χ0v) is 16.6. The highest BCUT2D eigenvalue weighted by Gasteiger charge is 2.35. The highest BCUT2D eigenvalue weighted by atomic mass is 16.5. The van der Waals surface area contributed by atoms with E-state index in [0.717, 1.165) is 6.42 Å². The number of ether oxygens (including phenoxy) is 1. The van der Waals surface area contributed by atoms with Crippen LogP contribution < -0.4 is 0 Å². The second-order valence-corrected chi connectivity index (χ2v) is 6.92. The van der Waals surface area contributed by atoms with Crippen LogP contribution in [0.2, 0.25) is 0 Å². The fourth-order valence-corrected chi connectivity index (χ4v) is 2.84. The molecule has 158 valence electrons. The van der Waals surface area contributed by atoms with E-state index in [1.165, 1.54) is 0 Å². The molecular formula is C22H34O6. The summed E-state index contributed by atoms with van der Waals surface area (Å²) in [6, 6.07) is 0. The van der Waals surface area contributed by atoms with Crippen molar-refractivity contribution in [1.29, 1.82) is 0 Å². The zero-order valence-electron chi connectivity index (χ0n) is 16.6. The van der Waals surface area contributed by atoms with Crippen molar-refractivity contribution in [3.05, 3.63) is 48.6 Å². The molecular weight excluding hydrogens is 360 g/mol. The molecule has 0 amide bonds. The van der Waals surface area contributed by atoms with Crippen molar-refractivity contribution in [3.63, 3.8) is 0 Å². The summed E-state index contributed by atoms with van der Waals surface area (Å²) in [5.41, 5.74) is 0. The average molecular weight is 395 g/mol. The molecule has 1 heterocycles. The largest absolute Gasteiger partial charge is 0.481 e. The number of aliphatic carboxylic acids is 1. The lowest BCUT2D eigenvalue weighted by molar-refractivity contribution is -0.136. The second kappa shape index (κ2) is 14.3. The third-order valence-corrected chi connectivity index (χ3v) is 4.42. The third-order valence-electron chi connectivity index (χ3n) is 4.42. The fourth-order valence-electron chi connectivity index (χ4n) is 2.84. The maximum Gasteiger partial charge on any atom is 0.303 e. The first kappa shape index (κ1) is 24.3. The molecule has 1 saturated heterocycles. The van der Waals surface area contributed by atoms with Crippen LogP contribution in [0.5, 0.6) is 0 Å². The average Bonchev–Trinajstić information content (AvgIpc) is 3.03. The van der Waals surface area contributed by atoms with Gasteiger partial charge in [-0.25, -0.2) is 0 Å². The predicted octanol–water partition coefficient (Wildman–Crippen LogP) is 2.90. The molecule has 5 atom stereocenters. The molecule has 1 aliphatic rings. The molecule has 0 aromatic carbocycles. The second-order valence-electron chi connectivity index (χ2n) is 6.92. The number of carboxylic acid groups (broad SMARTS) is 1. The summed E-state index contributed by atoms with van der Waals surface area (Å²) in [5.74, 6) is -0.807. The van der Waals surface area contributed by atoms with Gasteiger partial charge in [0.1, 0.15) is 6.10 Å². The van der Waals surface area contributed by atoms with Gasteiger partial charge in [-0.2, -0.15) is 0 Å². The third kappa shape index (κ3) is 10.6. The molecule has 0 aromatic rings. The fraction of sp³-hybridized carbons (Fsp3) is 0.591. The lowest BCUT2D eigenvalue weighted by Crippen LogP contribution is -2.25. The molecule has 4 N–H and O–H groups in total. The van der Waals surface area contributed by atoms with Gasteiger partial charge in [-0.05, 0) is 32.1 Å². The van der Waals surface area contributed by atoms with Gasteiger partial charge >= 0.3 is 5.97 Å². The minimum atomic E-state index is -0.807. The Morgan fingerprint density at radius 3 is 2.54 bits per heavy atom. The van der Waals surface area contributed by atoms with E-state index in [9.17, 15) is 20.1 Å². The van der Waals surface area contributed by atoms with Crippen LogP contribution in [0.4, 0.5) is 0 Å². The van der Waals surface area contributed by atoms with Gasteiger partial charge in [0.2, 0.25) is 0 Å². The first-order valence-electron chi connectivity index (χ1n) is 9.98. The Balaban J connectivity index is 2.31. The maximum atomic E-state index is 10.4. The van der Waals surface area contributed by atoms with Crippen LogP contribution in [-0.2, 0) is 9.53 Å². The molecule has 6 heteroatoms. The van der Waals surface area contributed by atoms with Gasteiger partial charge in [-0.15, -0.1) is 0 Å². The Morgan fingerprint density at radius 1 is 1.11 bits per heavy atom. The van der Waals surface area contributed by atoms with Crippen LogP contribution in [0, 0.1) is 0 Å². The zero-order chi connectivity index (χ0) is 20.8. The van der Waals surface area contributed by atoms with Crippen LogP contribution in [0.1, 0.15) is 51.9 Å². The van der Waals surface area contributed by atoms with Gasteiger partial charge in [0.05, 0.1) is 24.4 Å². The molecule has 0 radical (unpaired) electrons. The van der Waals surface area contributed by atoms with E-state index >= 15 is 0 Å². The SMILES string of the molecule is CC/C=C\C[C@@H](O)/C=C/[C@H]1O[C@H]([C@H](O)C/C=C\C/C=C\CCC(=O)O)C[C@@H]1O.